The SMILES string of the molecule is C=C(C)C(=O)O.CC/C=C/CCC. The Kier molecular flexibility index (Phi) is 12.2. The summed E-state index contributed by atoms with van der Waals surface area (Å²) in [6, 6.07) is 0. The molecule has 0 spiro atoms. The van der Waals surface area contributed by atoms with E-state index < -0.39 is 5.97 Å². The Balaban J connectivity index is 0. The summed E-state index contributed by atoms with van der Waals surface area (Å²) >= 11 is 0. The van der Waals surface area contributed by atoms with E-state index in [-0.39, 0.29) is 5.57 Å². The van der Waals surface area contributed by atoms with Crippen molar-refractivity contribution in [2.24, 2.45) is 0 Å². The molecule has 0 aliphatic heterocycles. The summed E-state index contributed by atoms with van der Waals surface area (Å²) in [4.78, 5) is 9.60. The molecule has 0 aliphatic rings. The standard InChI is InChI=1S/C7H14.C4H6O2/c1-3-5-7-6-4-2;1-3(2)4(5)6/h5,7H,3-4,6H2,1-2H3;1H2,2H3,(H,5,6)/b7-5+;. The van der Waals surface area contributed by atoms with E-state index in [1.54, 1.807) is 0 Å². The first-order valence-corrected chi connectivity index (χ1v) is 4.60. The third-order valence-corrected chi connectivity index (χ3v) is 1.22. The van der Waals surface area contributed by atoms with E-state index in [2.05, 4.69) is 32.6 Å². The summed E-state index contributed by atoms with van der Waals surface area (Å²) in [6.45, 7) is 8.96. The third-order valence-electron chi connectivity index (χ3n) is 1.22. The number of carboxylic acids is 1. The van der Waals surface area contributed by atoms with Gasteiger partial charge in [-0.1, -0.05) is 39.0 Å². The zero-order chi connectivity index (χ0) is 10.7. The smallest absolute Gasteiger partial charge is 0.330 e. The first kappa shape index (κ1) is 14.5. The van der Waals surface area contributed by atoms with Crippen molar-refractivity contribution < 1.29 is 9.90 Å². The van der Waals surface area contributed by atoms with E-state index in [1.165, 1.54) is 26.2 Å². The fourth-order valence-electron chi connectivity index (χ4n) is 0.451. The summed E-state index contributed by atoms with van der Waals surface area (Å²) in [5.74, 6) is -0.935. The number of carboxylic acid groups (broad SMARTS) is 1. The average molecular weight is 184 g/mol. The summed E-state index contributed by atoms with van der Waals surface area (Å²) < 4.78 is 0. The molecule has 0 saturated carbocycles. The summed E-state index contributed by atoms with van der Waals surface area (Å²) in [6.07, 6.45) is 8.15. The van der Waals surface area contributed by atoms with Gasteiger partial charge in [0.15, 0.2) is 0 Å². The number of carbonyl (C=O) groups is 1. The lowest BCUT2D eigenvalue weighted by Crippen LogP contribution is -1.92. The molecular formula is C11H20O2. The van der Waals surface area contributed by atoms with Crippen molar-refractivity contribution in [3.8, 4) is 0 Å². The molecule has 0 heterocycles. The molecule has 0 amide bonds. The number of allylic oxidation sites excluding steroid dienone is 2. The van der Waals surface area contributed by atoms with Crippen molar-refractivity contribution in [2.75, 3.05) is 0 Å². The molecule has 0 fully saturated rings. The molecule has 2 heteroatoms. The maximum absolute atomic E-state index is 9.60. The molecule has 0 aromatic rings. The van der Waals surface area contributed by atoms with Crippen molar-refractivity contribution in [2.45, 2.75) is 40.0 Å². The molecule has 0 rings (SSSR count). The van der Waals surface area contributed by atoms with Crippen molar-refractivity contribution >= 4 is 5.97 Å². The van der Waals surface area contributed by atoms with Gasteiger partial charge < -0.3 is 5.11 Å². The number of hydrogen-bond donors (Lipinski definition) is 1. The molecule has 0 radical (unpaired) electrons. The Morgan fingerprint density at radius 3 is 2.08 bits per heavy atom. The predicted octanol–water partition coefficient (Wildman–Crippen LogP) is 3.40. The van der Waals surface area contributed by atoms with Gasteiger partial charge in [0.25, 0.3) is 0 Å². The Labute approximate surface area is 81.0 Å². The highest BCUT2D eigenvalue weighted by atomic mass is 16.4. The quantitative estimate of drug-likeness (QED) is 0.537. The van der Waals surface area contributed by atoms with Crippen LogP contribution in [0.3, 0.4) is 0 Å². The monoisotopic (exact) mass is 184 g/mol. The van der Waals surface area contributed by atoms with Crippen molar-refractivity contribution in [1.29, 1.82) is 0 Å². The van der Waals surface area contributed by atoms with Crippen LogP contribution in [0.4, 0.5) is 0 Å². The molecule has 2 nitrogen and oxygen atoms in total. The van der Waals surface area contributed by atoms with Crippen molar-refractivity contribution in [3.05, 3.63) is 24.3 Å². The van der Waals surface area contributed by atoms with Gasteiger partial charge in [0.05, 0.1) is 0 Å². The third kappa shape index (κ3) is 18.2. The van der Waals surface area contributed by atoms with Crippen LogP contribution < -0.4 is 0 Å². The van der Waals surface area contributed by atoms with Crippen LogP contribution in [0.1, 0.15) is 40.0 Å². The highest BCUT2D eigenvalue weighted by Crippen LogP contribution is 1.88. The molecule has 0 saturated heterocycles. The highest BCUT2D eigenvalue weighted by molar-refractivity contribution is 5.84. The number of unbranched alkanes of at least 4 members (excludes halogenated alkanes) is 1. The number of rotatable bonds is 4. The van der Waals surface area contributed by atoms with Crippen LogP contribution in [0, 0.1) is 0 Å². The molecule has 13 heavy (non-hydrogen) atoms. The molecule has 0 bridgehead atoms. The van der Waals surface area contributed by atoms with Gasteiger partial charge >= 0.3 is 5.97 Å². The fourth-order valence-corrected chi connectivity index (χ4v) is 0.451. The van der Waals surface area contributed by atoms with E-state index in [9.17, 15) is 4.79 Å². The van der Waals surface area contributed by atoms with Crippen LogP contribution in [0.2, 0.25) is 0 Å². The van der Waals surface area contributed by atoms with Gasteiger partial charge in [-0.25, -0.2) is 4.79 Å². The van der Waals surface area contributed by atoms with Crippen LogP contribution >= 0.6 is 0 Å². The van der Waals surface area contributed by atoms with Gasteiger partial charge in [0.1, 0.15) is 0 Å². The van der Waals surface area contributed by atoms with E-state index in [4.69, 9.17) is 5.11 Å². The predicted molar refractivity (Wildman–Crippen MR) is 56.8 cm³/mol. The van der Waals surface area contributed by atoms with E-state index >= 15 is 0 Å². The van der Waals surface area contributed by atoms with Crippen LogP contribution in [-0.4, -0.2) is 11.1 Å². The zero-order valence-electron chi connectivity index (χ0n) is 8.84. The molecule has 0 aliphatic carbocycles. The molecular weight excluding hydrogens is 164 g/mol. The molecule has 76 valence electrons. The average Bonchev–Trinajstić information content (AvgIpc) is 2.06. The van der Waals surface area contributed by atoms with Crippen LogP contribution in [0.25, 0.3) is 0 Å². The minimum Gasteiger partial charge on any atom is -0.478 e. The molecule has 0 aromatic carbocycles. The Bertz CT molecular complexity index is 157. The Morgan fingerprint density at radius 1 is 1.38 bits per heavy atom. The minimum absolute atomic E-state index is 0.176. The lowest BCUT2D eigenvalue weighted by Gasteiger charge is -1.79. The molecule has 0 unspecified atom stereocenters. The van der Waals surface area contributed by atoms with Crippen molar-refractivity contribution in [3.63, 3.8) is 0 Å². The second kappa shape index (κ2) is 11.0. The van der Waals surface area contributed by atoms with Gasteiger partial charge in [-0.15, -0.1) is 0 Å². The number of aliphatic carboxylic acids is 1. The van der Waals surface area contributed by atoms with E-state index in [0.717, 1.165) is 0 Å². The van der Waals surface area contributed by atoms with Crippen LogP contribution in [0.15, 0.2) is 24.3 Å². The second-order valence-corrected chi connectivity index (χ2v) is 2.75. The normalized spacial score (nSPS) is 9.15. The summed E-state index contributed by atoms with van der Waals surface area (Å²) in [5, 5.41) is 7.89. The van der Waals surface area contributed by atoms with Gasteiger partial charge in [0, 0.05) is 5.57 Å². The van der Waals surface area contributed by atoms with Crippen LogP contribution in [0.5, 0.6) is 0 Å². The lowest BCUT2D eigenvalue weighted by molar-refractivity contribution is -0.132. The lowest BCUT2D eigenvalue weighted by atomic mass is 10.3. The Hall–Kier alpha value is -1.05. The maximum Gasteiger partial charge on any atom is 0.330 e. The second-order valence-electron chi connectivity index (χ2n) is 2.75. The van der Waals surface area contributed by atoms with Gasteiger partial charge in [-0.3, -0.25) is 0 Å². The van der Waals surface area contributed by atoms with E-state index in [1.807, 2.05) is 0 Å². The largest absolute Gasteiger partial charge is 0.478 e. The molecule has 0 atom stereocenters. The molecule has 1 N–H and O–H groups in total. The first-order valence-electron chi connectivity index (χ1n) is 4.60. The van der Waals surface area contributed by atoms with Gasteiger partial charge in [-0.2, -0.15) is 0 Å². The van der Waals surface area contributed by atoms with Crippen molar-refractivity contribution in [1.82, 2.24) is 0 Å². The van der Waals surface area contributed by atoms with Crippen LogP contribution in [-0.2, 0) is 4.79 Å². The number of hydrogen-bond acceptors (Lipinski definition) is 1. The zero-order valence-corrected chi connectivity index (χ0v) is 8.84. The summed E-state index contributed by atoms with van der Waals surface area (Å²) in [5.41, 5.74) is 0.176. The maximum atomic E-state index is 9.60. The fraction of sp³-hybridized carbons (Fsp3) is 0.545. The summed E-state index contributed by atoms with van der Waals surface area (Å²) in [7, 11) is 0. The van der Waals surface area contributed by atoms with Gasteiger partial charge in [-0.05, 0) is 19.8 Å². The Morgan fingerprint density at radius 2 is 1.85 bits per heavy atom. The van der Waals surface area contributed by atoms with Gasteiger partial charge in [0.2, 0.25) is 0 Å². The topological polar surface area (TPSA) is 37.3 Å². The highest BCUT2D eigenvalue weighted by Gasteiger charge is 1.90. The van der Waals surface area contributed by atoms with E-state index in [0.29, 0.717) is 0 Å². The minimum atomic E-state index is -0.935. The first-order chi connectivity index (χ1) is 6.06. The molecule has 0 aromatic heterocycles.